The van der Waals surface area contributed by atoms with Crippen LogP contribution in [0.5, 0.6) is 0 Å². The highest BCUT2D eigenvalue weighted by Crippen LogP contribution is 2.31. The maximum Gasteiger partial charge on any atom is 0.187 e. The summed E-state index contributed by atoms with van der Waals surface area (Å²) in [6.45, 7) is -3.72. The van der Waals surface area contributed by atoms with Gasteiger partial charge in [-0.05, 0) is 22.3 Å². The minimum Gasteiger partial charge on any atom is -0.394 e. The van der Waals surface area contributed by atoms with Gasteiger partial charge in [0.1, 0.15) is 24.4 Å². The molecule has 1 aliphatic rings. The molecule has 0 bridgehead atoms. The van der Waals surface area contributed by atoms with Gasteiger partial charge in [0.25, 0.3) is 0 Å². The van der Waals surface area contributed by atoms with Gasteiger partial charge in [-0.2, -0.15) is 0 Å². The van der Waals surface area contributed by atoms with Crippen LogP contribution < -0.4 is 0 Å². The summed E-state index contributed by atoms with van der Waals surface area (Å²) in [5, 5.41) is 10.5. The van der Waals surface area contributed by atoms with Crippen LogP contribution in [-0.4, -0.2) is 42.4 Å². The van der Waals surface area contributed by atoms with E-state index >= 15 is 0 Å². The molecule has 5 rings (SSSR count). The molecular formula is C34H36O6. The number of hydrogen-bond donors (Lipinski definition) is 1. The Morgan fingerprint density at radius 1 is 0.525 bits per heavy atom. The Labute approximate surface area is 240 Å². The van der Waals surface area contributed by atoms with Crippen molar-refractivity contribution in [1.29, 1.82) is 0 Å². The van der Waals surface area contributed by atoms with E-state index in [1.54, 1.807) is 36.4 Å². The summed E-state index contributed by atoms with van der Waals surface area (Å²) >= 11 is 0. The average Bonchev–Trinajstić information content (AvgIpc) is 3.07. The van der Waals surface area contributed by atoms with Gasteiger partial charge in [0.15, 0.2) is 6.29 Å². The summed E-state index contributed by atoms with van der Waals surface area (Å²) in [4.78, 5) is 0. The van der Waals surface area contributed by atoms with Crippen molar-refractivity contribution >= 4 is 0 Å². The first kappa shape index (κ1) is 24.4. The van der Waals surface area contributed by atoms with Crippen LogP contribution >= 0.6 is 0 Å². The fourth-order valence-electron chi connectivity index (χ4n) is 4.44. The van der Waals surface area contributed by atoms with Gasteiger partial charge in [-0.3, -0.25) is 0 Å². The smallest absolute Gasteiger partial charge is 0.187 e. The second-order valence-corrected chi connectivity index (χ2v) is 9.41. The maximum atomic E-state index is 10.5. The van der Waals surface area contributed by atoms with Crippen LogP contribution in [0.15, 0.2) is 121 Å². The monoisotopic (exact) mass is 543 g/mol. The molecule has 6 nitrogen and oxygen atoms in total. The molecule has 8 atom stereocenters. The summed E-state index contributed by atoms with van der Waals surface area (Å²) in [7, 11) is 0. The quantitative estimate of drug-likeness (QED) is 0.234. The van der Waals surface area contributed by atoms with E-state index in [0.29, 0.717) is 16.7 Å². The van der Waals surface area contributed by atoms with Gasteiger partial charge < -0.3 is 28.8 Å². The molecule has 0 saturated carbocycles. The van der Waals surface area contributed by atoms with Crippen LogP contribution in [0.3, 0.4) is 0 Å². The molecule has 1 aliphatic heterocycles. The molecule has 1 N–H and O–H groups in total. The summed E-state index contributed by atoms with van der Waals surface area (Å²) in [6.07, 6.45) is -5.19. The Hall–Kier alpha value is -3.36. The molecule has 4 aromatic carbocycles. The molecule has 0 spiro atoms. The predicted octanol–water partition coefficient (Wildman–Crippen LogP) is 5.68. The highest BCUT2D eigenvalue weighted by molar-refractivity contribution is 5.16. The minimum atomic E-state index is -1.16. The van der Waals surface area contributed by atoms with E-state index in [1.165, 1.54) is 0 Å². The van der Waals surface area contributed by atoms with Crippen LogP contribution in [-0.2, 0) is 50.0 Å². The van der Waals surface area contributed by atoms with Crippen molar-refractivity contribution in [2.24, 2.45) is 0 Å². The number of aliphatic hydroxyl groups excluding tert-OH is 1. The topological polar surface area (TPSA) is 66.4 Å². The van der Waals surface area contributed by atoms with E-state index < -0.39 is 57.1 Å². The summed E-state index contributed by atoms with van der Waals surface area (Å²) < 4.78 is 57.9. The van der Waals surface area contributed by atoms with E-state index in [-0.39, 0.29) is 6.61 Å². The van der Waals surface area contributed by atoms with Crippen LogP contribution in [0.1, 0.15) is 26.4 Å². The Bertz CT molecular complexity index is 1350. The van der Waals surface area contributed by atoms with Gasteiger partial charge in [0.2, 0.25) is 0 Å². The lowest BCUT2D eigenvalue weighted by molar-refractivity contribution is -0.329. The number of hydrogen-bond acceptors (Lipinski definition) is 6. The summed E-state index contributed by atoms with van der Waals surface area (Å²) in [5.74, 6) is 0. The second kappa shape index (κ2) is 14.9. The third kappa shape index (κ3) is 7.86. The van der Waals surface area contributed by atoms with Crippen LogP contribution in [0.4, 0.5) is 0 Å². The molecule has 0 aromatic heterocycles. The van der Waals surface area contributed by atoms with Crippen molar-refractivity contribution in [1.82, 2.24) is 0 Å². The van der Waals surface area contributed by atoms with Crippen LogP contribution in [0, 0.1) is 0 Å². The number of benzene rings is 4. The van der Waals surface area contributed by atoms with Gasteiger partial charge in [0.05, 0.1) is 37.1 Å². The first-order valence-corrected chi connectivity index (χ1v) is 13.3. The van der Waals surface area contributed by atoms with Crippen molar-refractivity contribution in [2.45, 2.75) is 57.1 Å². The fourth-order valence-corrected chi connectivity index (χ4v) is 4.44. The molecule has 208 valence electrons. The van der Waals surface area contributed by atoms with Crippen molar-refractivity contribution in [3.05, 3.63) is 144 Å². The van der Waals surface area contributed by atoms with Crippen LogP contribution in [0.2, 0.25) is 0 Å². The third-order valence-corrected chi connectivity index (χ3v) is 6.51. The van der Waals surface area contributed by atoms with Crippen LogP contribution in [0.25, 0.3) is 0 Å². The van der Waals surface area contributed by atoms with E-state index in [0.717, 1.165) is 5.56 Å². The largest absolute Gasteiger partial charge is 0.394 e. The van der Waals surface area contributed by atoms with Gasteiger partial charge >= 0.3 is 0 Å². The minimum absolute atomic E-state index is 0.170. The molecule has 0 radical (unpaired) electrons. The maximum absolute atomic E-state index is 10.5. The number of ether oxygens (including phenoxy) is 5. The number of rotatable bonds is 13. The zero-order chi connectivity index (χ0) is 30.0. The first-order chi connectivity index (χ1) is 21.0. The lowest BCUT2D eigenvalue weighted by atomic mass is 9.97. The molecule has 1 saturated heterocycles. The average molecular weight is 544 g/mol. The highest BCUT2D eigenvalue weighted by Gasteiger charge is 2.48. The van der Waals surface area contributed by atoms with Crippen molar-refractivity contribution in [3.8, 4) is 0 Å². The lowest BCUT2D eigenvalue weighted by Gasteiger charge is -2.45. The molecule has 0 amide bonds. The molecule has 6 heteroatoms. The molecule has 4 unspecified atom stereocenters. The standard InChI is InChI=1S/C34H36O6/c35-21-30-31(36-22-26-13-5-1-6-14-26)32(37-23-27-15-7-2-8-16-27)33(38-24-28-17-9-3-10-18-28)34(40-30)39-25-29-19-11-4-12-20-29/h1-20,30-35H,21-25H2/t30-,31-,32+,33+,34?/m1/s1/i22D,23D,24D/t22?,23?,24?,30-,31-,32+,33+,34?. The van der Waals surface area contributed by atoms with Gasteiger partial charge in [0, 0.05) is 0 Å². The van der Waals surface area contributed by atoms with E-state index in [1.807, 2.05) is 84.9 Å². The van der Waals surface area contributed by atoms with Gasteiger partial charge in [-0.1, -0.05) is 121 Å². The van der Waals surface area contributed by atoms with E-state index in [9.17, 15) is 5.11 Å². The van der Waals surface area contributed by atoms with Gasteiger partial charge in [-0.25, -0.2) is 0 Å². The van der Waals surface area contributed by atoms with Crippen molar-refractivity contribution < 1.29 is 32.9 Å². The molecule has 4 aromatic rings. The Balaban J connectivity index is 1.49. The Kier molecular flexibility index (Phi) is 9.08. The summed E-state index contributed by atoms with van der Waals surface area (Å²) in [5.41, 5.74) is 2.71. The molecule has 0 aliphatic carbocycles. The molecule has 1 heterocycles. The Morgan fingerprint density at radius 3 is 1.38 bits per heavy atom. The normalized spacial score (nSPS) is 26.1. The first-order valence-electron chi connectivity index (χ1n) is 15.1. The highest BCUT2D eigenvalue weighted by atomic mass is 16.7. The predicted molar refractivity (Wildman–Crippen MR) is 152 cm³/mol. The SMILES string of the molecule is [2H]C(O[C@H]1[C@H](OC([2H])c2ccccc2)[C@@H](CO)OC(OCc2ccccc2)[C@H]1OC([2H])c1ccccc1)c1ccccc1. The Morgan fingerprint density at radius 2 is 0.925 bits per heavy atom. The fraction of sp³-hybridized carbons (Fsp3) is 0.294. The molecule has 1 fully saturated rings. The lowest BCUT2D eigenvalue weighted by Crippen LogP contribution is -2.61. The van der Waals surface area contributed by atoms with Crippen molar-refractivity contribution in [3.63, 3.8) is 0 Å². The second-order valence-electron chi connectivity index (χ2n) is 9.41. The molecular weight excluding hydrogens is 504 g/mol. The number of aliphatic hydroxyl groups is 1. The van der Waals surface area contributed by atoms with Crippen molar-refractivity contribution in [2.75, 3.05) is 6.61 Å². The molecule has 40 heavy (non-hydrogen) atoms. The third-order valence-electron chi connectivity index (χ3n) is 6.51. The van der Waals surface area contributed by atoms with E-state index in [4.69, 9.17) is 27.8 Å². The zero-order valence-corrected chi connectivity index (χ0v) is 22.1. The zero-order valence-electron chi connectivity index (χ0n) is 25.1. The van der Waals surface area contributed by atoms with Gasteiger partial charge in [-0.15, -0.1) is 0 Å². The summed E-state index contributed by atoms with van der Waals surface area (Å²) in [6, 6.07) is 36.7. The van der Waals surface area contributed by atoms with E-state index in [2.05, 4.69) is 0 Å².